The van der Waals surface area contributed by atoms with E-state index in [9.17, 15) is 0 Å². The molecule has 0 radical (unpaired) electrons. The summed E-state index contributed by atoms with van der Waals surface area (Å²) >= 11 is 1.99. The zero-order chi connectivity index (χ0) is 9.10. The summed E-state index contributed by atoms with van der Waals surface area (Å²) in [5, 5.41) is 3.99. The zero-order valence-corrected chi connectivity index (χ0v) is 8.55. The number of nitrogens with one attached hydrogen (secondary N) is 1. The van der Waals surface area contributed by atoms with Crippen LogP contribution in [0, 0.1) is 5.92 Å². The van der Waals surface area contributed by atoms with Crippen LogP contribution in [0.2, 0.25) is 0 Å². The van der Waals surface area contributed by atoms with Crippen molar-refractivity contribution in [2.45, 2.75) is 12.3 Å². The third-order valence-electron chi connectivity index (χ3n) is 2.21. The molecule has 1 fully saturated rings. The van der Waals surface area contributed by atoms with Crippen LogP contribution in [-0.2, 0) is 0 Å². The predicted octanol–water partition coefficient (Wildman–Crippen LogP) is 2.05. The Morgan fingerprint density at radius 3 is 2.85 bits per heavy atom. The van der Waals surface area contributed by atoms with Gasteiger partial charge < -0.3 is 5.32 Å². The normalized spacial score (nSPS) is 28.7. The molecule has 0 aliphatic carbocycles. The largest absolute Gasteiger partial charge is 0.301 e. The van der Waals surface area contributed by atoms with Gasteiger partial charge in [0.1, 0.15) is 0 Å². The van der Waals surface area contributed by atoms with Crippen LogP contribution in [0.5, 0.6) is 0 Å². The van der Waals surface area contributed by atoms with Crippen molar-refractivity contribution in [1.29, 1.82) is 0 Å². The number of nitrogens with zero attached hydrogens (tertiary/aromatic N) is 1. The summed E-state index contributed by atoms with van der Waals surface area (Å²) in [5.74, 6) is 2.04. The number of hydrogen-bond donors (Lipinski definition) is 1. The van der Waals surface area contributed by atoms with Crippen LogP contribution in [0.4, 0.5) is 0 Å². The first-order valence-electron chi connectivity index (χ1n) is 4.61. The molecule has 2 atom stereocenters. The molecule has 1 aliphatic heterocycles. The Labute approximate surface area is 83.1 Å². The van der Waals surface area contributed by atoms with Gasteiger partial charge in [0.05, 0.1) is 5.37 Å². The molecule has 70 valence electrons. The van der Waals surface area contributed by atoms with Crippen LogP contribution in [-0.4, -0.2) is 17.3 Å². The molecule has 2 rings (SSSR count). The first-order chi connectivity index (χ1) is 6.36. The van der Waals surface area contributed by atoms with Crippen molar-refractivity contribution in [2.75, 3.05) is 12.3 Å². The molecule has 0 spiro atoms. The Balaban J connectivity index is 2.03. The van der Waals surface area contributed by atoms with E-state index in [-0.39, 0.29) is 0 Å². The summed E-state index contributed by atoms with van der Waals surface area (Å²) in [6, 6.07) is 4.17. The summed E-state index contributed by atoms with van der Waals surface area (Å²) in [6.45, 7) is 3.41. The Kier molecular flexibility index (Phi) is 2.86. The van der Waals surface area contributed by atoms with Gasteiger partial charge in [-0.3, -0.25) is 4.98 Å². The van der Waals surface area contributed by atoms with E-state index in [0.717, 1.165) is 12.5 Å². The Bertz CT molecular complexity index is 255. The lowest BCUT2D eigenvalue weighted by Gasteiger charge is -2.27. The van der Waals surface area contributed by atoms with Crippen LogP contribution in [0.25, 0.3) is 0 Å². The fourth-order valence-corrected chi connectivity index (χ4v) is 2.64. The van der Waals surface area contributed by atoms with Crippen molar-refractivity contribution in [3.63, 3.8) is 0 Å². The SMILES string of the molecule is CC1CNC(c2ccncc2)SC1. The first kappa shape index (κ1) is 9.03. The van der Waals surface area contributed by atoms with E-state index in [1.54, 1.807) is 0 Å². The van der Waals surface area contributed by atoms with Gasteiger partial charge in [-0.1, -0.05) is 6.92 Å². The molecule has 0 amide bonds. The molecule has 3 heteroatoms. The monoisotopic (exact) mass is 194 g/mol. The highest BCUT2D eigenvalue weighted by atomic mass is 32.2. The van der Waals surface area contributed by atoms with Crippen molar-refractivity contribution >= 4 is 11.8 Å². The van der Waals surface area contributed by atoms with Gasteiger partial charge in [-0.15, -0.1) is 11.8 Å². The molecule has 0 aromatic carbocycles. The highest BCUT2D eigenvalue weighted by molar-refractivity contribution is 7.99. The summed E-state index contributed by atoms with van der Waals surface area (Å²) in [4.78, 5) is 4.02. The molecule has 1 aromatic heterocycles. The average molecular weight is 194 g/mol. The minimum atomic E-state index is 0.471. The summed E-state index contributed by atoms with van der Waals surface area (Å²) in [5.41, 5.74) is 1.34. The lowest BCUT2D eigenvalue weighted by Crippen LogP contribution is -2.31. The van der Waals surface area contributed by atoms with Crippen LogP contribution in [0.3, 0.4) is 0 Å². The zero-order valence-electron chi connectivity index (χ0n) is 7.73. The van der Waals surface area contributed by atoms with Gasteiger partial charge in [0.15, 0.2) is 0 Å². The quantitative estimate of drug-likeness (QED) is 0.740. The minimum Gasteiger partial charge on any atom is -0.301 e. The van der Waals surface area contributed by atoms with E-state index in [0.29, 0.717) is 5.37 Å². The van der Waals surface area contributed by atoms with Crippen LogP contribution in [0.1, 0.15) is 17.9 Å². The summed E-state index contributed by atoms with van der Waals surface area (Å²) in [6.07, 6.45) is 3.71. The molecule has 1 saturated heterocycles. The fourth-order valence-electron chi connectivity index (χ4n) is 1.44. The van der Waals surface area contributed by atoms with Crippen LogP contribution < -0.4 is 5.32 Å². The van der Waals surface area contributed by atoms with Gasteiger partial charge >= 0.3 is 0 Å². The molecule has 2 unspecified atom stereocenters. The van der Waals surface area contributed by atoms with E-state index >= 15 is 0 Å². The molecule has 0 saturated carbocycles. The van der Waals surface area contributed by atoms with Gasteiger partial charge in [-0.2, -0.15) is 0 Å². The average Bonchev–Trinajstić information content (AvgIpc) is 2.20. The first-order valence-corrected chi connectivity index (χ1v) is 5.66. The minimum absolute atomic E-state index is 0.471. The molecule has 1 N–H and O–H groups in total. The summed E-state index contributed by atoms with van der Waals surface area (Å²) in [7, 11) is 0. The van der Waals surface area contributed by atoms with Crippen LogP contribution in [0.15, 0.2) is 24.5 Å². The molecular weight excluding hydrogens is 180 g/mol. The van der Waals surface area contributed by atoms with Crippen LogP contribution >= 0.6 is 11.8 Å². The Hall–Kier alpha value is -0.540. The number of aromatic nitrogens is 1. The van der Waals surface area contributed by atoms with E-state index in [1.807, 2.05) is 24.2 Å². The van der Waals surface area contributed by atoms with Gasteiger partial charge in [-0.25, -0.2) is 0 Å². The molecule has 2 nitrogen and oxygen atoms in total. The maximum absolute atomic E-state index is 4.02. The highest BCUT2D eigenvalue weighted by Gasteiger charge is 2.18. The second kappa shape index (κ2) is 4.11. The van der Waals surface area contributed by atoms with Gasteiger partial charge in [0.25, 0.3) is 0 Å². The molecule has 0 bridgehead atoms. The van der Waals surface area contributed by atoms with Gasteiger partial charge in [0, 0.05) is 12.4 Å². The smallest absolute Gasteiger partial charge is 0.0790 e. The molecular formula is C10H14N2S. The predicted molar refractivity (Wildman–Crippen MR) is 56.6 cm³/mol. The topological polar surface area (TPSA) is 24.9 Å². The third kappa shape index (κ3) is 2.23. The van der Waals surface area contributed by atoms with Crippen molar-refractivity contribution in [3.8, 4) is 0 Å². The molecule has 13 heavy (non-hydrogen) atoms. The van der Waals surface area contributed by atoms with E-state index in [1.165, 1.54) is 11.3 Å². The van der Waals surface area contributed by atoms with Crippen molar-refractivity contribution in [3.05, 3.63) is 30.1 Å². The lowest BCUT2D eigenvalue weighted by atomic mass is 10.2. The van der Waals surface area contributed by atoms with E-state index < -0.39 is 0 Å². The standard InChI is InChI=1S/C10H14N2S/c1-8-6-12-10(13-7-8)9-2-4-11-5-3-9/h2-5,8,10,12H,6-7H2,1H3. The van der Waals surface area contributed by atoms with E-state index in [4.69, 9.17) is 0 Å². The third-order valence-corrected chi connectivity index (χ3v) is 3.74. The summed E-state index contributed by atoms with van der Waals surface area (Å²) < 4.78 is 0. The maximum Gasteiger partial charge on any atom is 0.0790 e. The van der Waals surface area contributed by atoms with Crippen molar-refractivity contribution in [1.82, 2.24) is 10.3 Å². The van der Waals surface area contributed by atoms with Gasteiger partial charge in [-0.05, 0) is 35.9 Å². The number of thioether (sulfide) groups is 1. The van der Waals surface area contributed by atoms with Gasteiger partial charge in [0.2, 0.25) is 0 Å². The molecule has 1 aliphatic rings. The van der Waals surface area contributed by atoms with E-state index in [2.05, 4.69) is 29.4 Å². The number of rotatable bonds is 1. The van der Waals surface area contributed by atoms with Crippen molar-refractivity contribution < 1.29 is 0 Å². The highest BCUT2D eigenvalue weighted by Crippen LogP contribution is 2.30. The Morgan fingerprint density at radius 1 is 1.46 bits per heavy atom. The molecule has 1 aromatic rings. The number of pyridine rings is 1. The Morgan fingerprint density at radius 2 is 2.23 bits per heavy atom. The lowest BCUT2D eigenvalue weighted by molar-refractivity contribution is 0.529. The molecule has 2 heterocycles. The second-order valence-corrected chi connectivity index (χ2v) is 4.65. The van der Waals surface area contributed by atoms with Crippen molar-refractivity contribution in [2.24, 2.45) is 5.92 Å². The number of hydrogen-bond acceptors (Lipinski definition) is 3. The maximum atomic E-state index is 4.02. The second-order valence-electron chi connectivity index (χ2n) is 3.51. The fraction of sp³-hybridized carbons (Fsp3) is 0.500.